The zero-order valence-electron chi connectivity index (χ0n) is 10.1. The highest BCUT2D eigenvalue weighted by molar-refractivity contribution is 5.22. The van der Waals surface area contributed by atoms with E-state index in [4.69, 9.17) is 0 Å². The Hall–Kier alpha value is -0.860. The topological polar surface area (TPSA) is 15.3 Å². The molecule has 0 radical (unpaired) electrons. The van der Waals surface area contributed by atoms with Crippen LogP contribution in [0, 0.1) is 0 Å². The van der Waals surface area contributed by atoms with Crippen LogP contribution in [0.15, 0.2) is 24.3 Å². The maximum absolute atomic E-state index is 3.16. The minimum Gasteiger partial charge on any atom is -0.316 e. The SMILES string of the molecule is CCN(CC)Cc1ccc(CNC)cc1. The number of hydrogen-bond donors (Lipinski definition) is 1. The summed E-state index contributed by atoms with van der Waals surface area (Å²) >= 11 is 0. The summed E-state index contributed by atoms with van der Waals surface area (Å²) in [5.74, 6) is 0. The number of hydrogen-bond acceptors (Lipinski definition) is 2. The van der Waals surface area contributed by atoms with E-state index < -0.39 is 0 Å². The summed E-state index contributed by atoms with van der Waals surface area (Å²) < 4.78 is 0. The molecule has 1 aromatic rings. The second kappa shape index (κ2) is 6.59. The molecule has 0 heterocycles. The summed E-state index contributed by atoms with van der Waals surface area (Å²) in [5, 5.41) is 3.16. The van der Waals surface area contributed by atoms with Crippen molar-refractivity contribution >= 4 is 0 Å². The lowest BCUT2D eigenvalue weighted by Crippen LogP contribution is -2.22. The molecule has 15 heavy (non-hydrogen) atoms. The minimum absolute atomic E-state index is 0.950. The molecule has 0 aliphatic rings. The van der Waals surface area contributed by atoms with Crippen LogP contribution in [0.2, 0.25) is 0 Å². The van der Waals surface area contributed by atoms with Crippen LogP contribution < -0.4 is 5.32 Å². The Bertz CT molecular complexity index is 262. The number of nitrogens with zero attached hydrogens (tertiary/aromatic N) is 1. The van der Waals surface area contributed by atoms with Gasteiger partial charge >= 0.3 is 0 Å². The fraction of sp³-hybridized carbons (Fsp3) is 0.538. The normalized spacial score (nSPS) is 10.9. The van der Waals surface area contributed by atoms with Gasteiger partial charge in [-0.2, -0.15) is 0 Å². The Balaban J connectivity index is 2.55. The Morgan fingerprint density at radius 2 is 1.53 bits per heavy atom. The van der Waals surface area contributed by atoms with Crippen molar-refractivity contribution in [2.75, 3.05) is 20.1 Å². The van der Waals surface area contributed by atoms with Gasteiger partial charge in [0.15, 0.2) is 0 Å². The summed E-state index contributed by atoms with van der Waals surface area (Å²) in [6, 6.07) is 8.86. The molecular formula is C13H22N2. The second-order valence-corrected chi connectivity index (χ2v) is 3.81. The van der Waals surface area contributed by atoms with Gasteiger partial charge in [0.25, 0.3) is 0 Å². The van der Waals surface area contributed by atoms with E-state index in [2.05, 4.69) is 48.3 Å². The van der Waals surface area contributed by atoms with E-state index >= 15 is 0 Å². The average molecular weight is 206 g/mol. The second-order valence-electron chi connectivity index (χ2n) is 3.81. The third kappa shape index (κ3) is 4.02. The Morgan fingerprint density at radius 3 is 2.00 bits per heavy atom. The third-order valence-corrected chi connectivity index (χ3v) is 2.70. The van der Waals surface area contributed by atoms with Gasteiger partial charge < -0.3 is 5.32 Å². The molecule has 0 aromatic heterocycles. The molecule has 2 nitrogen and oxygen atoms in total. The molecule has 0 aliphatic carbocycles. The van der Waals surface area contributed by atoms with Gasteiger partial charge in [-0.05, 0) is 31.3 Å². The van der Waals surface area contributed by atoms with E-state index in [1.165, 1.54) is 11.1 Å². The average Bonchev–Trinajstić information content (AvgIpc) is 2.28. The van der Waals surface area contributed by atoms with E-state index in [-0.39, 0.29) is 0 Å². The van der Waals surface area contributed by atoms with Gasteiger partial charge in [-0.3, -0.25) is 4.90 Å². The predicted molar refractivity (Wildman–Crippen MR) is 65.8 cm³/mol. The molecule has 84 valence electrons. The fourth-order valence-electron chi connectivity index (χ4n) is 1.67. The first-order chi connectivity index (χ1) is 7.30. The molecule has 0 fully saturated rings. The van der Waals surface area contributed by atoms with Crippen molar-refractivity contribution in [3.63, 3.8) is 0 Å². The van der Waals surface area contributed by atoms with Crippen molar-refractivity contribution in [3.05, 3.63) is 35.4 Å². The van der Waals surface area contributed by atoms with Crippen molar-refractivity contribution in [2.45, 2.75) is 26.9 Å². The summed E-state index contributed by atoms with van der Waals surface area (Å²) in [7, 11) is 1.98. The standard InChI is InChI=1S/C13H22N2/c1-4-15(5-2)11-13-8-6-12(7-9-13)10-14-3/h6-9,14H,4-5,10-11H2,1-3H3. The largest absolute Gasteiger partial charge is 0.316 e. The minimum atomic E-state index is 0.950. The van der Waals surface area contributed by atoms with Gasteiger partial charge in [-0.25, -0.2) is 0 Å². The van der Waals surface area contributed by atoms with Crippen molar-refractivity contribution in [2.24, 2.45) is 0 Å². The highest BCUT2D eigenvalue weighted by Crippen LogP contribution is 2.07. The van der Waals surface area contributed by atoms with Crippen LogP contribution in [-0.2, 0) is 13.1 Å². The number of nitrogens with one attached hydrogen (secondary N) is 1. The van der Waals surface area contributed by atoms with Crippen LogP contribution in [0.4, 0.5) is 0 Å². The molecule has 1 rings (SSSR count). The smallest absolute Gasteiger partial charge is 0.0233 e. The van der Waals surface area contributed by atoms with Gasteiger partial charge in [0.05, 0.1) is 0 Å². The number of benzene rings is 1. The van der Waals surface area contributed by atoms with E-state index in [1.54, 1.807) is 0 Å². The summed E-state index contributed by atoms with van der Waals surface area (Å²) in [5.41, 5.74) is 2.75. The lowest BCUT2D eigenvalue weighted by molar-refractivity contribution is 0.296. The monoisotopic (exact) mass is 206 g/mol. The molecule has 2 heteroatoms. The van der Waals surface area contributed by atoms with Crippen LogP contribution in [0.25, 0.3) is 0 Å². The van der Waals surface area contributed by atoms with E-state index in [9.17, 15) is 0 Å². The molecule has 0 bridgehead atoms. The lowest BCUT2D eigenvalue weighted by atomic mass is 10.1. The van der Waals surface area contributed by atoms with Gasteiger partial charge in [0.2, 0.25) is 0 Å². The van der Waals surface area contributed by atoms with E-state index in [1.807, 2.05) is 7.05 Å². The van der Waals surface area contributed by atoms with Gasteiger partial charge in [-0.1, -0.05) is 38.1 Å². The fourth-order valence-corrected chi connectivity index (χ4v) is 1.67. The molecular weight excluding hydrogens is 184 g/mol. The molecule has 0 saturated carbocycles. The first kappa shape index (κ1) is 12.2. The summed E-state index contributed by atoms with van der Waals surface area (Å²) in [6.07, 6.45) is 0. The maximum atomic E-state index is 3.16. The first-order valence-corrected chi connectivity index (χ1v) is 5.74. The molecule has 0 amide bonds. The van der Waals surface area contributed by atoms with E-state index in [0.717, 1.165) is 26.2 Å². The van der Waals surface area contributed by atoms with Crippen LogP contribution in [0.5, 0.6) is 0 Å². The summed E-state index contributed by atoms with van der Waals surface area (Å²) in [6.45, 7) is 8.67. The van der Waals surface area contributed by atoms with Crippen molar-refractivity contribution in [1.29, 1.82) is 0 Å². The lowest BCUT2D eigenvalue weighted by Gasteiger charge is -2.18. The van der Waals surface area contributed by atoms with Gasteiger partial charge in [0, 0.05) is 13.1 Å². The van der Waals surface area contributed by atoms with Gasteiger partial charge in [0.1, 0.15) is 0 Å². The predicted octanol–water partition coefficient (Wildman–Crippen LogP) is 2.25. The number of rotatable bonds is 6. The molecule has 0 saturated heterocycles. The van der Waals surface area contributed by atoms with Crippen LogP contribution in [-0.4, -0.2) is 25.0 Å². The summed E-state index contributed by atoms with van der Waals surface area (Å²) in [4.78, 5) is 2.42. The van der Waals surface area contributed by atoms with Crippen LogP contribution in [0.1, 0.15) is 25.0 Å². The highest BCUT2D eigenvalue weighted by Gasteiger charge is 2.00. The van der Waals surface area contributed by atoms with Crippen molar-refractivity contribution < 1.29 is 0 Å². The van der Waals surface area contributed by atoms with Crippen molar-refractivity contribution in [1.82, 2.24) is 10.2 Å². The van der Waals surface area contributed by atoms with Crippen LogP contribution in [0.3, 0.4) is 0 Å². The maximum Gasteiger partial charge on any atom is 0.0233 e. The Morgan fingerprint density at radius 1 is 1.00 bits per heavy atom. The molecule has 0 spiro atoms. The molecule has 0 unspecified atom stereocenters. The Kier molecular flexibility index (Phi) is 5.37. The molecule has 0 atom stereocenters. The third-order valence-electron chi connectivity index (χ3n) is 2.70. The van der Waals surface area contributed by atoms with E-state index in [0.29, 0.717) is 0 Å². The zero-order valence-corrected chi connectivity index (χ0v) is 10.1. The van der Waals surface area contributed by atoms with Crippen LogP contribution >= 0.6 is 0 Å². The first-order valence-electron chi connectivity index (χ1n) is 5.74. The molecule has 1 aromatic carbocycles. The quantitative estimate of drug-likeness (QED) is 0.768. The van der Waals surface area contributed by atoms with Gasteiger partial charge in [-0.15, -0.1) is 0 Å². The highest BCUT2D eigenvalue weighted by atomic mass is 15.1. The molecule has 0 aliphatic heterocycles. The zero-order chi connectivity index (χ0) is 11.1. The Labute approximate surface area is 93.3 Å². The van der Waals surface area contributed by atoms with Crippen molar-refractivity contribution in [3.8, 4) is 0 Å². The molecule has 1 N–H and O–H groups in total.